The van der Waals surface area contributed by atoms with Gasteiger partial charge in [0.1, 0.15) is 5.69 Å². The van der Waals surface area contributed by atoms with Gasteiger partial charge in [-0.25, -0.2) is 0 Å². The molecule has 1 amide bonds. The van der Waals surface area contributed by atoms with E-state index in [-0.39, 0.29) is 11.8 Å². The predicted octanol–water partition coefficient (Wildman–Crippen LogP) is 1.81. The third-order valence-corrected chi connectivity index (χ3v) is 4.46. The third kappa shape index (κ3) is 2.96. The molecule has 3 rings (SSSR count). The first-order valence-electron chi connectivity index (χ1n) is 8.46. The van der Waals surface area contributed by atoms with Crippen molar-refractivity contribution in [2.24, 2.45) is 0 Å². The van der Waals surface area contributed by atoms with Crippen molar-refractivity contribution >= 4 is 5.91 Å². The summed E-state index contributed by atoms with van der Waals surface area (Å²) in [6, 6.07) is 1.86. The highest BCUT2D eigenvalue weighted by molar-refractivity contribution is 5.93. The molecule has 1 aliphatic rings. The van der Waals surface area contributed by atoms with Crippen molar-refractivity contribution in [3.8, 4) is 0 Å². The molecular formula is C17H25N5O2. The molecule has 130 valence electrons. The van der Waals surface area contributed by atoms with Crippen LogP contribution in [0.1, 0.15) is 47.2 Å². The van der Waals surface area contributed by atoms with Crippen LogP contribution < -0.4 is 0 Å². The summed E-state index contributed by atoms with van der Waals surface area (Å²) in [6.07, 6.45) is 2.04. The quantitative estimate of drug-likeness (QED) is 0.838. The van der Waals surface area contributed by atoms with E-state index in [1.54, 1.807) is 11.8 Å². The fourth-order valence-corrected chi connectivity index (χ4v) is 3.34. The van der Waals surface area contributed by atoms with Crippen LogP contribution in [0.15, 0.2) is 12.3 Å². The molecule has 0 N–H and O–H groups in total. The summed E-state index contributed by atoms with van der Waals surface area (Å²) in [5.41, 5.74) is 3.68. The Labute approximate surface area is 142 Å². The Balaban J connectivity index is 1.90. The monoisotopic (exact) mass is 331 g/mol. The summed E-state index contributed by atoms with van der Waals surface area (Å²) >= 11 is 0. The molecule has 7 heteroatoms. The number of methoxy groups -OCH3 is 1. The van der Waals surface area contributed by atoms with Crippen LogP contribution in [0.25, 0.3) is 0 Å². The van der Waals surface area contributed by atoms with Gasteiger partial charge in [-0.2, -0.15) is 10.2 Å². The standard InChI is InChI=1S/C17H25N5O2/c1-5-21-10-13-8-20(9-14(11-24-4)16(13)19-21)17(23)15-7-12(3)18-22(15)6-2/h7,10,14H,5-6,8-9,11H2,1-4H3/t14-/m0/s1. The smallest absolute Gasteiger partial charge is 0.272 e. The van der Waals surface area contributed by atoms with Gasteiger partial charge in [-0.1, -0.05) is 0 Å². The number of carbonyl (C=O) groups excluding carboxylic acids is 1. The molecule has 0 bridgehead atoms. The van der Waals surface area contributed by atoms with Gasteiger partial charge in [0.2, 0.25) is 0 Å². The number of amides is 1. The lowest BCUT2D eigenvalue weighted by Crippen LogP contribution is -2.40. The molecule has 1 aliphatic heterocycles. The number of aromatic nitrogens is 4. The number of nitrogens with zero attached hydrogens (tertiary/aromatic N) is 5. The number of rotatable bonds is 5. The van der Waals surface area contributed by atoms with E-state index in [0.717, 1.165) is 23.5 Å². The van der Waals surface area contributed by atoms with E-state index in [9.17, 15) is 4.79 Å². The molecule has 0 fully saturated rings. The molecule has 0 unspecified atom stereocenters. The highest BCUT2D eigenvalue weighted by Gasteiger charge is 2.32. The topological polar surface area (TPSA) is 65.2 Å². The van der Waals surface area contributed by atoms with Crippen molar-refractivity contribution in [3.05, 3.63) is 34.9 Å². The van der Waals surface area contributed by atoms with Gasteiger partial charge in [0.25, 0.3) is 5.91 Å². The second kappa shape index (κ2) is 6.76. The van der Waals surface area contributed by atoms with Gasteiger partial charge in [-0.3, -0.25) is 14.2 Å². The van der Waals surface area contributed by atoms with E-state index in [1.165, 1.54) is 0 Å². The SMILES string of the molecule is CCn1cc2c(n1)[C@H](COC)CN(C(=O)c1cc(C)nn1CC)C2. The number of fused-ring (bicyclic) bond motifs is 1. The predicted molar refractivity (Wildman–Crippen MR) is 89.9 cm³/mol. The summed E-state index contributed by atoms with van der Waals surface area (Å²) in [6.45, 7) is 9.24. The molecule has 2 aromatic heterocycles. The zero-order chi connectivity index (χ0) is 17.3. The fourth-order valence-electron chi connectivity index (χ4n) is 3.34. The molecular weight excluding hydrogens is 306 g/mol. The highest BCUT2D eigenvalue weighted by Crippen LogP contribution is 2.28. The maximum Gasteiger partial charge on any atom is 0.272 e. The average molecular weight is 331 g/mol. The van der Waals surface area contributed by atoms with Crippen molar-refractivity contribution in [1.29, 1.82) is 0 Å². The zero-order valence-corrected chi connectivity index (χ0v) is 14.8. The molecule has 1 atom stereocenters. The van der Waals surface area contributed by atoms with Crippen molar-refractivity contribution in [1.82, 2.24) is 24.5 Å². The number of aryl methyl sites for hydroxylation is 3. The van der Waals surface area contributed by atoms with E-state index < -0.39 is 0 Å². The molecule has 24 heavy (non-hydrogen) atoms. The zero-order valence-electron chi connectivity index (χ0n) is 14.8. The Hall–Kier alpha value is -2.15. The van der Waals surface area contributed by atoms with E-state index >= 15 is 0 Å². The number of hydrogen-bond donors (Lipinski definition) is 0. The van der Waals surface area contributed by atoms with Gasteiger partial charge in [0, 0.05) is 51.0 Å². The Morgan fingerprint density at radius 3 is 2.79 bits per heavy atom. The van der Waals surface area contributed by atoms with Crippen LogP contribution >= 0.6 is 0 Å². The lowest BCUT2D eigenvalue weighted by molar-refractivity contribution is 0.0666. The molecule has 0 spiro atoms. The van der Waals surface area contributed by atoms with Crippen LogP contribution in [0.2, 0.25) is 0 Å². The third-order valence-electron chi connectivity index (χ3n) is 4.46. The van der Waals surface area contributed by atoms with Gasteiger partial charge < -0.3 is 9.64 Å². The summed E-state index contributed by atoms with van der Waals surface area (Å²) < 4.78 is 9.06. The maximum atomic E-state index is 13.0. The molecule has 2 aromatic rings. The molecule has 0 radical (unpaired) electrons. The molecule has 3 heterocycles. The minimum Gasteiger partial charge on any atom is -0.384 e. The van der Waals surface area contributed by atoms with Gasteiger partial charge in [0.15, 0.2) is 0 Å². The summed E-state index contributed by atoms with van der Waals surface area (Å²) in [5.74, 6) is 0.128. The maximum absolute atomic E-state index is 13.0. The highest BCUT2D eigenvalue weighted by atomic mass is 16.5. The van der Waals surface area contributed by atoms with Crippen LogP contribution in [0, 0.1) is 6.92 Å². The molecule has 0 saturated heterocycles. The Bertz CT molecular complexity index is 733. The van der Waals surface area contributed by atoms with Gasteiger partial charge in [0.05, 0.1) is 18.0 Å². The second-order valence-electron chi connectivity index (χ2n) is 6.22. The summed E-state index contributed by atoms with van der Waals surface area (Å²) in [7, 11) is 1.69. The molecule has 0 aromatic carbocycles. The first-order chi connectivity index (χ1) is 11.6. The first-order valence-corrected chi connectivity index (χ1v) is 8.46. The number of ether oxygens (including phenoxy) is 1. The van der Waals surface area contributed by atoms with Crippen molar-refractivity contribution in [3.63, 3.8) is 0 Å². The average Bonchev–Trinajstić information content (AvgIpc) is 3.17. The van der Waals surface area contributed by atoms with Crippen LogP contribution in [0.3, 0.4) is 0 Å². The van der Waals surface area contributed by atoms with Gasteiger partial charge in [-0.15, -0.1) is 0 Å². The minimum absolute atomic E-state index is 0.0217. The first kappa shape index (κ1) is 16.7. The van der Waals surface area contributed by atoms with E-state index in [0.29, 0.717) is 31.9 Å². The second-order valence-corrected chi connectivity index (χ2v) is 6.22. The summed E-state index contributed by atoms with van der Waals surface area (Å²) in [5, 5.41) is 9.04. The lowest BCUT2D eigenvalue weighted by atomic mass is 9.97. The van der Waals surface area contributed by atoms with E-state index in [2.05, 4.69) is 17.1 Å². The molecule has 7 nitrogen and oxygen atoms in total. The van der Waals surface area contributed by atoms with Crippen molar-refractivity contribution in [2.75, 3.05) is 20.3 Å². The van der Waals surface area contributed by atoms with Crippen LogP contribution in [-0.2, 0) is 24.4 Å². The van der Waals surface area contributed by atoms with E-state index in [1.807, 2.05) is 35.7 Å². The van der Waals surface area contributed by atoms with E-state index in [4.69, 9.17) is 4.74 Å². The number of carbonyl (C=O) groups is 1. The largest absolute Gasteiger partial charge is 0.384 e. The molecule has 0 aliphatic carbocycles. The van der Waals surface area contributed by atoms with Gasteiger partial charge >= 0.3 is 0 Å². The van der Waals surface area contributed by atoms with Crippen LogP contribution in [-0.4, -0.2) is 50.6 Å². The van der Waals surface area contributed by atoms with Gasteiger partial charge in [-0.05, 0) is 26.8 Å². The van der Waals surface area contributed by atoms with Crippen LogP contribution in [0.5, 0.6) is 0 Å². The Morgan fingerprint density at radius 2 is 2.12 bits per heavy atom. The minimum atomic E-state index is 0.0217. The Kier molecular flexibility index (Phi) is 4.71. The fraction of sp³-hybridized carbons (Fsp3) is 0.588. The number of hydrogen-bond acceptors (Lipinski definition) is 4. The lowest BCUT2D eigenvalue weighted by Gasteiger charge is -2.31. The normalized spacial score (nSPS) is 17.2. The van der Waals surface area contributed by atoms with Crippen molar-refractivity contribution in [2.45, 2.75) is 46.3 Å². The van der Waals surface area contributed by atoms with Crippen molar-refractivity contribution < 1.29 is 9.53 Å². The van der Waals surface area contributed by atoms with Crippen LogP contribution in [0.4, 0.5) is 0 Å². The Morgan fingerprint density at radius 1 is 1.33 bits per heavy atom. The summed E-state index contributed by atoms with van der Waals surface area (Å²) in [4.78, 5) is 14.9. The molecule has 0 saturated carbocycles.